The zero-order valence-corrected chi connectivity index (χ0v) is 8.69. The van der Waals surface area contributed by atoms with Gasteiger partial charge in [-0.1, -0.05) is 12.1 Å². The largest absolute Gasteiger partial charge is 0.464 e. The standard InChI is InChI=1S/C9H8N2O3S/c1-15-11(9(12)13)8-10-6-4-2-3-5-7(6)14-8/h2-5H,1H3,(H,12,13). The molecule has 2 aromatic rings. The van der Waals surface area contributed by atoms with Crippen molar-refractivity contribution in [3.8, 4) is 0 Å². The fourth-order valence-electron chi connectivity index (χ4n) is 1.18. The predicted octanol–water partition coefficient (Wildman–Crippen LogP) is 2.59. The molecule has 0 radical (unpaired) electrons. The molecule has 0 bridgehead atoms. The van der Waals surface area contributed by atoms with Crippen molar-refractivity contribution < 1.29 is 14.3 Å². The predicted molar refractivity (Wildman–Crippen MR) is 58.0 cm³/mol. The SMILES string of the molecule is CSN(C(=O)O)c1nc2ccccc2o1. The van der Waals surface area contributed by atoms with Crippen LogP contribution in [0.25, 0.3) is 11.1 Å². The minimum Gasteiger partial charge on any atom is -0.464 e. The fraction of sp³-hybridized carbons (Fsp3) is 0.111. The number of para-hydroxylation sites is 2. The number of benzene rings is 1. The summed E-state index contributed by atoms with van der Waals surface area (Å²) < 4.78 is 6.27. The van der Waals surface area contributed by atoms with E-state index >= 15 is 0 Å². The van der Waals surface area contributed by atoms with E-state index in [2.05, 4.69) is 4.98 Å². The number of fused-ring (bicyclic) bond motifs is 1. The fourth-order valence-corrected chi connectivity index (χ4v) is 1.58. The molecule has 0 unspecified atom stereocenters. The molecule has 6 heteroatoms. The second-order valence-electron chi connectivity index (χ2n) is 2.72. The zero-order chi connectivity index (χ0) is 10.8. The highest BCUT2D eigenvalue weighted by Crippen LogP contribution is 2.25. The number of nitrogens with zero attached hydrogens (tertiary/aromatic N) is 2. The van der Waals surface area contributed by atoms with Crippen molar-refractivity contribution in [2.45, 2.75) is 0 Å². The molecule has 1 N–H and O–H groups in total. The van der Waals surface area contributed by atoms with E-state index in [1.165, 1.54) is 0 Å². The van der Waals surface area contributed by atoms with Crippen LogP contribution < -0.4 is 4.31 Å². The number of aromatic nitrogens is 1. The van der Waals surface area contributed by atoms with Crippen molar-refractivity contribution in [2.75, 3.05) is 10.6 Å². The van der Waals surface area contributed by atoms with Gasteiger partial charge in [-0.25, -0.2) is 4.79 Å². The number of hydrogen-bond donors (Lipinski definition) is 1. The highest BCUT2D eigenvalue weighted by atomic mass is 32.2. The summed E-state index contributed by atoms with van der Waals surface area (Å²) in [6, 6.07) is 7.21. The van der Waals surface area contributed by atoms with Crippen LogP contribution in [0.4, 0.5) is 10.8 Å². The first-order chi connectivity index (χ1) is 7.22. The van der Waals surface area contributed by atoms with Crippen LogP contribution in [-0.2, 0) is 0 Å². The molecule has 1 aromatic carbocycles. The third-order valence-electron chi connectivity index (χ3n) is 1.81. The Balaban J connectivity index is 2.47. The molecule has 1 heterocycles. The molecule has 1 amide bonds. The van der Waals surface area contributed by atoms with Crippen LogP contribution in [0.3, 0.4) is 0 Å². The highest BCUT2D eigenvalue weighted by molar-refractivity contribution is 8.00. The van der Waals surface area contributed by atoms with Gasteiger partial charge < -0.3 is 9.52 Å². The van der Waals surface area contributed by atoms with Gasteiger partial charge in [0.15, 0.2) is 5.58 Å². The normalized spacial score (nSPS) is 10.5. The van der Waals surface area contributed by atoms with Gasteiger partial charge in [0, 0.05) is 6.26 Å². The maximum atomic E-state index is 10.8. The van der Waals surface area contributed by atoms with Gasteiger partial charge in [0.25, 0.3) is 0 Å². The number of anilines is 1. The van der Waals surface area contributed by atoms with E-state index in [4.69, 9.17) is 9.52 Å². The molecular weight excluding hydrogens is 216 g/mol. The van der Waals surface area contributed by atoms with Gasteiger partial charge in [0.1, 0.15) is 5.52 Å². The summed E-state index contributed by atoms with van der Waals surface area (Å²) in [6.45, 7) is 0. The molecule has 5 nitrogen and oxygen atoms in total. The first-order valence-electron chi connectivity index (χ1n) is 4.15. The number of rotatable bonds is 2. The van der Waals surface area contributed by atoms with E-state index in [1.54, 1.807) is 18.4 Å². The van der Waals surface area contributed by atoms with E-state index < -0.39 is 6.09 Å². The van der Waals surface area contributed by atoms with Crippen LogP contribution in [0.1, 0.15) is 0 Å². The van der Waals surface area contributed by atoms with E-state index in [0.717, 1.165) is 16.3 Å². The lowest BCUT2D eigenvalue weighted by Gasteiger charge is -2.08. The second kappa shape index (κ2) is 3.82. The number of amides is 1. The van der Waals surface area contributed by atoms with Crippen molar-refractivity contribution in [1.82, 2.24) is 4.98 Å². The maximum absolute atomic E-state index is 10.8. The quantitative estimate of drug-likeness (QED) is 0.794. The van der Waals surface area contributed by atoms with Crippen molar-refractivity contribution in [3.63, 3.8) is 0 Å². The average molecular weight is 224 g/mol. The Morgan fingerprint density at radius 2 is 2.27 bits per heavy atom. The minimum atomic E-state index is -1.10. The molecule has 0 spiro atoms. The van der Waals surface area contributed by atoms with Crippen LogP contribution >= 0.6 is 11.9 Å². The van der Waals surface area contributed by atoms with Gasteiger partial charge in [-0.05, 0) is 24.1 Å². The molecule has 2 rings (SSSR count). The molecule has 0 saturated heterocycles. The molecule has 0 aliphatic heterocycles. The molecule has 15 heavy (non-hydrogen) atoms. The smallest absolute Gasteiger partial charge is 0.425 e. The summed E-state index contributed by atoms with van der Waals surface area (Å²) in [6.07, 6.45) is 0.539. The summed E-state index contributed by atoms with van der Waals surface area (Å²) in [7, 11) is 0. The summed E-state index contributed by atoms with van der Waals surface area (Å²) in [4.78, 5) is 14.9. The molecule has 0 aliphatic carbocycles. The Morgan fingerprint density at radius 3 is 2.87 bits per heavy atom. The van der Waals surface area contributed by atoms with Crippen LogP contribution in [0.5, 0.6) is 0 Å². The van der Waals surface area contributed by atoms with Gasteiger partial charge >= 0.3 is 12.1 Å². The maximum Gasteiger partial charge on any atom is 0.425 e. The Labute approximate surface area is 89.8 Å². The van der Waals surface area contributed by atoms with Gasteiger partial charge in [-0.15, -0.1) is 0 Å². The number of carbonyl (C=O) groups is 1. The van der Waals surface area contributed by atoms with Crippen molar-refractivity contribution in [3.05, 3.63) is 24.3 Å². The number of oxazole rings is 1. The van der Waals surface area contributed by atoms with Crippen LogP contribution in [0.2, 0.25) is 0 Å². The molecule has 0 atom stereocenters. The Morgan fingerprint density at radius 1 is 1.53 bits per heavy atom. The van der Waals surface area contributed by atoms with Gasteiger partial charge in [-0.3, -0.25) is 0 Å². The molecule has 0 saturated carbocycles. The average Bonchev–Trinajstić information content (AvgIpc) is 2.61. The van der Waals surface area contributed by atoms with Crippen molar-refractivity contribution in [2.24, 2.45) is 0 Å². The summed E-state index contributed by atoms with van der Waals surface area (Å²) in [5, 5.41) is 8.86. The number of carboxylic acid groups (broad SMARTS) is 1. The molecule has 78 valence electrons. The van der Waals surface area contributed by atoms with E-state index in [0.29, 0.717) is 11.1 Å². The van der Waals surface area contributed by atoms with Crippen LogP contribution in [-0.4, -0.2) is 22.4 Å². The highest BCUT2D eigenvalue weighted by Gasteiger charge is 2.19. The first-order valence-corrected chi connectivity index (χ1v) is 5.33. The summed E-state index contributed by atoms with van der Waals surface area (Å²) in [5.74, 6) is 0. The monoisotopic (exact) mass is 224 g/mol. The summed E-state index contributed by atoms with van der Waals surface area (Å²) >= 11 is 1.02. The third kappa shape index (κ3) is 1.75. The van der Waals surface area contributed by atoms with Gasteiger partial charge in [0.2, 0.25) is 0 Å². The first kappa shape index (κ1) is 9.85. The Kier molecular flexibility index (Phi) is 2.51. The van der Waals surface area contributed by atoms with Crippen LogP contribution in [0.15, 0.2) is 28.7 Å². The number of hydrogen-bond acceptors (Lipinski definition) is 4. The zero-order valence-electron chi connectivity index (χ0n) is 7.88. The summed E-state index contributed by atoms with van der Waals surface area (Å²) in [5.41, 5.74) is 1.22. The van der Waals surface area contributed by atoms with E-state index in [1.807, 2.05) is 12.1 Å². The van der Waals surface area contributed by atoms with E-state index in [-0.39, 0.29) is 6.01 Å². The van der Waals surface area contributed by atoms with Crippen molar-refractivity contribution >= 4 is 35.2 Å². The lowest BCUT2D eigenvalue weighted by molar-refractivity contribution is 0.205. The van der Waals surface area contributed by atoms with Gasteiger partial charge in [-0.2, -0.15) is 9.29 Å². The molecule has 0 aliphatic rings. The Hall–Kier alpha value is -1.69. The molecule has 1 aromatic heterocycles. The lowest BCUT2D eigenvalue weighted by Crippen LogP contribution is -2.20. The molecular formula is C9H8N2O3S. The van der Waals surface area contributed by atoms with Crippen molar-refractivity contribution in [1.29, 1.82) is 0 Å². The van der Waals surface area contributed by atoms with Gasteiger partial charge in [0.05, 0.1) is 0 Å². The third-order valence-corrected chi connectivity index (χ3v) is 2.49. The Bertz CT molecular complexity index is 464. The lowest BCUT2D eigenvalue weighted by atomic mass is 10.3. The van der Waals surface area contributed by atoms with Crippen LogP contribution in [0, 0.1) is 0 Å². The molecule has 0 fully saturated rings. The minimum absolute atomic E-state index is 0.0798. The second-order valence-corrected chi connectivity index (χ2v) is 3.45. The van der Waals surface area contributed by atoms with E-state index in [9.17, 15) is 4.79 Å². The topological polar surface area (TPSA) is 66.6 Å².